The quantitative estimate of drug-likeness (QED) is 0.321. The van der Waals surface area contributed by atoms with E-state index >= 15 is 0 Å². The number of aromatic nitrogens is 3. The maximum atomic E-state index is 12.9. The molecule has 0 aliphatic carbocycles. The molecule has 34 heavy (non-hydrogen) atoms. The van der Waals surface area contributed by atoms with Crippen molar-refractivity contribution < 1.29 is 9.67 Å². The van der Waals surface area contributed by atoms with Gasteiger partial charge >= 0.3 is 0 Å². The third-order valence-corrected chi connectivity index (χ3v) is 6.37. The molecule has 1 aliphatic heterocycles. The van der Waals surface area contributed by atoms with E-state index in [0.29, 0.717) is 29.9 Å². The summed E-state index contributed by atoms with van der Waals surface area (Å²) in [6, 6.07) is 29.3. The number of rotatable bonds is 3. The van der Waals surface area contributed by atoms with Crippen molar-refractivity contribution in [1.29, 1.82) is 0 Å². The molecule has 3 heterocycles. The summed E-state index contributed by atoms with van der Waals surface area (Å²) in [7, 11) is 0. The Bertz CT molecular complexity index is 1630. The number of pyridine rings is 1. The van der Waals surface area contributed by atoms with Gasteiger partial charge in [-0.15, -0.1) is 0 Å². The monoisotopic (exact) mass is 444 g/mol. The lowest BCUT2D eigenvalue weighted by Crippen LogP contribution is -2.33. The first-order valence-electron chi connectivity index (χ1n) is 11.2. The van der Waals surface area contributed by atoms with Gasteiger partial charge in [0.1, 0.15) is 11.6 Å². The molecule has 1 N–H and O–H groups in total. The molecule has 6 rings (SSSR count). The zero-order valence-electron chi connectivity index (χ0n) is 18.4. The fraction of sp³-hybridized carbons (Fsp3) is 0.0690. The van der Waals surface area contributed by atoms with Crippen LogP contribution in [0.3, 0.4) is 0 Å². The van der Waals surface area contributed by atoms with E-state index in [-0.39, 0.29) is 11.3 Å². The molecule has 0 spiro atoms. The van der Waals surface area contributed by atoms with Gasteiger partial charge in [0.2, 0.25) is 0 Å². The van der Waals surface area contributed by atoms with Gasteiger partial charge in [0.15, 0.2) is 18.9 Å². The number of para-hydroxylation sites is 1. The van der Waals surface area contributed by atoms with Crippen molar-refractivity contribution >= 4 is 22.2 Å². The third kappa shape index (κ3) is 3.30. The molecule has 0 radical (unpaired) electrons. The number of hydrogen-bond acceptors (Lipinski definition) is 3. The molecule has 0 unspecified atom stereocenters. The van der Waals surface area contributed by atoms with E-state index in [0.717, 1.165) is 27.8 Å². The Morgan fingerprint density at radius 2 is 1.62 bits per heavy atom. The van der Waals surface area contributed by atoms with Crippen LogP contribution in [0.1, 0.15) is 28.1 Å². The van der Waals surface area contributed by atoms with Crippen LogP contribution in [0.15, 0.2) is 108 Å². The van der Waals surface area contributed by atoms with Crippen LogP contribution >= 0.6 is 0 Å². The van der Waals surface area contributed by atoms with Crippen molar-refractivity contribution in [2.75, 3.05) is 0 Å². The van der Waals surface area contributed by atoms with Crippen LogP contribution in [0.4, 0.5) is 0 Å². The van der Waals surface area contributed by atoms with Crippen molar-refractivity contribution in [1.82, 2.24) is 9.55 Å². The lowest BCUT2D eigenvalue weighted by molar-refractivity contribution is -0.688. The molecule has 0 saturated heterocycles. The van der Waals surface area contributed by atoms with Crippen molar-refractivity contribution in [2.45, 2.75) is 13.1 Å². The van der Waals surface area contributed by atoms with Crippen LogP contribution < -0.4 is 10.1 Å². The number of hydrogen-bond donors (Lipinski definition) is 1. The summed E-state index contributed by atoms with van der Waals surface area (Å²) in [6.07, 6.45) is 4.00. The minimum absolute atomic E-state index is 0.121. The molecule has 5 aromatic rings. The lowest BCUT2D eigenvalue weighted by atomic mass is 9.91. The van der Waals surface area contributed by atoms with Gasteiger partial charge in [-0.2, -0.15) is 4.98 Å². The highest BCUT2D eigenvalue weighted by molar-refractivity contribution is 5.97. The number of fused-ring (bicyclic) bond motifs is 4. The highest BCUT2D eigenvalue weighted by atomic mass is 16.3. The minimum atomic E-state index is -0.292. The minimum Gasteiger partial charge on any atom is -0.507 e. The van der Waals surface area contributed by atoms with Crippen LogP contribution in [0.2, 0.25) is 0 Å². The Morgan fingerprint density at radius 3 is 2.50 bits per heavy atom. The van der Waals surface area contributed by atoms with E-state index in [1.54, 1.807) is 6.07 Å². The summed E-state index contributed by atoms with van der Waals surface area (Å²) in [6.45, 7) is 1.19. The summed E-state index contributed by atoms with van der Waals surface area (Å²) in [5, 5.41) is 12.4. The fourth-order valence-corrected chi connectivity index (χ4v) is 4.76. The van der Waals surface area contributed by atoms with Crippen LogP contribution in [0, 0.1) is 0 Å². The summed E-state index contributed by atoms with van der Waals surface area (Å²) in [5.74, 6) is 0.609. The average Bonchev–Trinajstić information content (AvgIpc) is 2.88. The molecule has 2 aromatic heterocycles. The normalized spacial score (nSPS) is 13.9. The second kappa shape index (κ2) is 8.12. The summed E-state index contributed by atoms with van der Waals surface area (Å²) >= 11 is 0. The number of aliphatic hydroxyl groups is 1. The molecule has 5 nitrogen and oxygen atoms in total. The number of nitrogens with zero attached hydrogens (tertiary/aromatic N) is 3. The van der Waals surface area contributed by atoms with E-state index in [4.69, 9.17) is 0 Å². The highest BCUT2D eigenvalue weighted by Crippen LogP contribution is 2.37. The van der Waals surface area contributed by atoms with E-state index < -0.39 is 0 Å². The third-order valence-electron chi connectivity index (χ3n) is 6.37. The Hall–Kier alpha value is -4.51. The van der Waals surface area contributed by atoms with Crippen LogP contribution in [0.25, 0.3) is 22.2 Å². The maximum Gasteiger partial charge on any atom is 0.281 e. The topological polar surface area (TPSA) is 59.0 Å². The molecule has 164 valence electrons. The molecule has 3 aromatic carbocycles. The van der Waals surface area contributed by atoms with Gasteiger partial charge in [-0.05, 0) is 23.3 Å². The zero-order valence-corrected chi connectivity index (χ0v) is 18.4. The first-order chi connectivity index (χ1) is 16.7. The van der Waals surface area contributed by atoms with Gasteiger partial charge in [0, 0.05) is 23.3 Å². The largest absolute Gasteiger partial charge is 0.507 e. The van der Waals surface area contributed by atoms with E-state index in [1.807, 2.05) is 95.8 Å². The average molecular weight is 445 g/mol. The Kier molecular flexibility index (Phi) is 4.81. The first-order valence-corrected chi connectivity index (χ1v) is 11.2. The first kappa shape index (κ1) is 20.1. The van der Waals surface area contributed by atoms with E-state index in [2.05, 4.69) is 15.6 Å². The second-order valence-electron chi connectivity index (χ2n) is 8.43. The SMILES string of the molecule is O=c1nc2n(c3ccccc13)Cc1ccccc1C2=C(O)c1ccccc1C[n+]1ccccc1. The molecular weight excluding hydrogens is 422 g/mol. The van der Waals surface area contributed by atoms with Crippen molar-refractivity contribution in [3.63, 3.8) is 0 Å². The van der Waals surface area contributed by atoms with Crippen LogP contribution in [-0.2, 0) is 13.1 Å². The molecule has 0 amide bonds. The van der Waals surface area contributed by atoms with E-state index in [9.17, 15) is 9.90 Å². The maximum absolute atomic E-state index is 12.9. The van der Waals surface area contributed by atoms with Gasteiger partial charge in [0.25, 0.3) is 5.56 Å². The smallest absolute Gasteiger partial charge is 0.281 e. The molecule has 0 saturated carbocycles. The lowest BCUT2D eigenvalue weighted by Gasteiger charge is -2.26. The fourth-order valence-electron chi connectivity index (χ4n) is 4.76. The highest BCUT2D eigenvalue weighted by Gasteiger charge is 2.27. The van der Waals surface area contributed by atoms with E-state index in [1.165, 1.54) is 0 Å². The van der Waals surface area contributed by atoms with Gasteiger partial charge in [-0.25, -0.2) is 4.57 Å². The standard InChI is InChI=1S/C29H21N3O2/c33-27(23-13-5-3-10-20(23)18-31-16-8-1-9-17-31)26-22-12-4-2-11-21(22)19-32-25-15-7-6-14-24(25)29(34)30-28(26)32/h1-17H,18-19H2/p+1. The zero-order chi connectivity index (χ0) is 23.1. The predicted molar refractivity (Wildman–Crippen MR) is 132 cm³/mol. The number of aliphatic hydroxyl groups excluding tert-OH is 1. The molecular formula is C29H22N3O2+. The van der Waals surface area contributed by atoms with Crippen LogP contribution in [0.5, 0.6) is 0 Å². The summed E-state index contributed by atoms with van der Waals surface area (Å²) < 4.78 is 4.09. The molecule has 1 aliphatic rings. The Balaban J connectivity index is 1.63. The van der Waals surface area contributed by atoms with Gasteiger partial charge in [-0.3, -0.25) is 4.79 Å². The van der Waals surface area contributed by atoms with Gasteiger partial charge < -0.3 is 9.67 Å². The van der Waals surface area contributed by atoms with Gasteiger partial charge in [-0.1, -0.05) is 66.7 Å². The molecule has 0 fully saturated rings. The van der Waals surface area contributed by atoms with Gasteiger partial charge in [0.05, 0.1) is 23.0 Å². The summed E-state index contributed by atoms with van der Waals surface area (Å²) in [4.78, 5) is 17.4. The van der Waals surface area contributed by atoms with Crippen molar-refractivity contribution in [3.8, 4) is 0 Å². The van der Waals surface area contributed by atoms with Crippen LogP contribution in [-0.4, -0.2) is 14.7 Å². The number of benzene rings is 3. The summed E-state index contributed by atoms with van der Waals surface area (Å²) in [5.41, 5.74) is 4.76. The van der Waals surface area contributed by atoms with Crippen molar-refractivity contribution in [2.24, 2.45) is 0 Å². The Labute approximate surface area is 196 Å². The molecule has 5 heteroatoms. The molecule has 0 bridgehead atoms. The second-order valence-corrected chi connectivity index (χ2v) is 8.43. The van der Waals surface area contributed by atoms with Crippen molar-refractivity contribution in [3.05, 3.63) is 142 Å². The Morgan fingerprint density at radius 1 is 0.882 bits per heavy atom. The molecule has 0 atom stereocenters. The predicted octanol–water partition coefficient (Wildman–Crippen LogP) is 4.57.